The van der Waals surface area contributed by atoms with Crippen LogP contribution >= 0.6 is 0 Å². The lowest BCUT2D eigenvalue weighted by atomic mass is 10.1. The van der Waals surface area contributed by atoms with Gasteiger partial charge in [0.15, 0.2) is 12.2 Å². The van der Waals surface area contributed by atoms with Crippen LogP contribution in [0.4, 0.5) is 0 Å². The Bertz CT molecular complexity index is 1800. The van der Waals surface area contributed by atoms with Crippen LogP contribution in [0.2, 0.25) is 0 Å². The summed E-state index contributed by atoms with van der Waals surface area (Å²) in [7, 11) is 0. The molecule has 0 aromatic heterocycles. The molecule has 13 nitrogen and oxygen atoms in total. The summed E-state index contributed by atoms with van der Waals surface area (Å²) in [6.45, 7) is 9.27. The van der Waals surface area contributed by atoms with Gasteiger partial charge in [0.2, 0.25) is 0 Å². The monoisotopic (exact) mass is 1390 g/mol. The SMILES string of the molecule is CCCCCCCC/C=C\CCCCCCCC(=O)OC[C@H](COC(=O)CCCNCCCC(=O)OC[C@@H](COC(=O)CCCCCCC/C=C\CCCCCCCC)OC(=O)CCCCCCC/C=C\CCCCCCCC)OC(=O)CCCCCCC/C=C\CCCCCCCC. The molecule has 0 aliphatic heterocycles. The number of nitrogens with one attached hydrogen (secondary N) is 1. The molecule has 99 heavy (non-hydrogen) atoms. The fraction of sp³-hybridized carbons (Fsp3) is 0.837. The Kier molecular flexibility index (Phi) is 76.0. The van der Waals surface area contributed by atoms with Crippen LogP contribution in [0.1, 0.15) is 413 Å². The number of carbonyl (C=O) groups is 6. The van der Waals surface area contributed by atoms with Crippen LogP contribution in [-0.4, -0.2) is 87.5 Å². The van der Waals surface area contributed by atoms with Crippen molar-refractivity contribution in [3.63, 3.8) is 0 Å². The molecule has 0 bridgehead atoms. The maximum absolute atomic E-state index is 13.0. The summed E-state index contributed by atoms with van der Waals surface area (Å²) in [5, 5.41) is 3.27. The maximum Gasteiger partial charge on any atom is 0.306 e. The topological polar surface area (TPSA) is 170 Å². The van der Waals surface area contributed by atoms with E-state index in [0.29, 0.717) is 38.8 Å². The number of hydrogen-bond acceptors (Lipinski definition) is 13. The predicted octanol–water partition coefficient (Wildman–Crippen LogP) is 24.3. The van der Waals surface area contributed by atoms with Crippen LogP contribution in [0.15, 0.2) is 48.6 Å². The Labute approximate surface area is 608 Å². The van der Waals surface area contributed by atoms with Crippen LogP contribution in [0.25, 0.3) is 0 Å². The summed E-state index contributed by atoms with van der Waals surface area (Å²) in [6.07, 6.45) is 79.7. The zero-order valence-electron chi connectivity index (χ0n) is 64.8. The first-order chi connectivity index (χ1) is 48.6. The highest BCUT2D eigenvalue weighted by molar-refractivity contribution is 5.72. The molecule has 0 saturated heterocycles. The summed E-state index contributed by atoms with van der Waals surface area (Å²) in [6, 6.07) is 0. The van der Waals surface area contributed by atoms with Gasteiger partial charge in [0.1, 0.15) is 26.4 Å². The minimum atomic E-state index is -0.896. The molecular weight excluding hydrogens is 1240 g/mol. The van der Waals surface area contributed by atoms with E-state index < -0.39 is 36.1 Å². The largest absolute Gasteiger partial charge is 0.462 e. The fourth-order valence-corrected chi connectivity index (χ4v) is 12.0. The first-order valence-electron chi connectivity index (χ1n) is 42.0. The van der Waals surface area contributed by atoms with Crippen LogP contribution in [0, 0.1) is 0 Å². The zero-order valence-corrected chi connectivity index (χ0v) is 64.8. The van der Waals surface area contributed by atoms with E-state index in [9.17, 15) is 28.8 Å². The van der Waals surface area contributed by atoms with E-state index in [1.807, 2.05) is 0 Å². The van der Waals surface area contributed by atoms with Gasteiger partial charge in [0.25, 0.3) is 0 Å². The second kappa shape index (κ2) is 79.4. The molecule has 0 aliphatic rings. The van der Waals surface area contributed by atoms with Gasteiger partial charge in [-0.25, -0.2) is 0 Å². The summed E-state index contributed by atoms with van der Waals surface area (Å²) in [5.74, 6) is -2.38. The molecule has 0 rings (SSSR count). The van der Waals surface area contributed by atoms with Crippen molar-refractivity contribution < 1.29 is 57.2 Å². The highest BCUT2D eigenvalue weighted by Crippen LogP contribution is 2.17. The number of hydrogen-bond donors (Lipinski definition) is 1. The zero-order chi connectivity index (χ0) is 71.9. The predicted molar refractivity (Wildman–Crippen MR) is 413 cm³/mol. The second-order valence-corrected chi connectivity index (χ2v) is 28.3. The quantitative estimate of drug-likeness (QED) is 0.0264. The maximum atomic E-state index is 13.0. The highest BCUT2D eigenvalue weighted by Gasteiger charge is 2.22. The van der Waals surface area contributed by atoms with Crippen molar-refractivity contribution in [1.82, 2.24) is 5.32 Å². The molecule has 0 amide bonds. The van der Waals surface area contributed by atoms with Crippen LogP contribution < -0.4 is 5.32 Å². The first-order valence-corrected chi connectivity index (χ1v) is 42.0. The lowest BCUT2D eigenvalue weighted by molar-refractivity contribution is -0.167. The number of ether oxygens (including phenoxy) is 6. The Hall–Kier alpha value is -4.26. The van der Waals surface area contributed by atoms with Crippen LogP contribution in [-0.2, 0) is 57.2 Å². The molecule has 0 spiro atoms. The van der Waals surface area contributed by atoms with Gasteiger partial charge >= 0.3 is 35.8 Å². The van der Waals surface area contributed by atoms with Gasteiger partial charge in [-0.2, -0.15) is 0 Å². The molecule has 0 aromatic rings. The lowest BCUT2D eigenvalue weighted by Gasteiger charge is -2.18. The summed E-state index contributed by atoms with van der Waals surface area (Å²) in [4.78, 5) is 77.5. The molecule has 0 unspecified atom stereocenters. The van der Waals surface area contributed by atoms with Crippen LogP contribution in [0.5, 0.6) is 0 Å². The van der Waals surface area contributed by atoms with E-state index in [-0.39, 0.29) is 76.9 Å². The molecule has 0 heterocycles. The summed E-state index contributed by atoms with van der Waals surface area (Å²) >= 11 is 0. The van der Waals surface area contributed by atoms with E-state index in [1.165, 1.54) is 180 Å². The van der Waals surface area contributed by atoms with Gasteiger partial charge in [0, 0.05) is 38.5 Å². The van der Waals surface area contributed by atoms with Crippen molar-refractivity contribution >= 4 is 35.8 Å². The van der Waals surface area contributed by atoms with Gasteiger partial charge in [-0.3, -0.25) is 28.8 Å². The Morgan fingerprint density at radius 1 is 0.222 bits per heavy atom. The van der Waals surface area contributed by atoms with Crippen LogP contribution in [0.3, 0.4) is 0 Å². The van der Waals surface area contributed by atoms with E-state index in [4.69, 9.17) is 28.4 Å². The molecule has 2 atom stereocenters. The lowest BCUT2D eigenvalue weighted by Crippen LogP contribution is -2.31. The third kappa shape index (κ3) is 76.2. The standard InChI is InChI=1S/C86H155NO12/c1-5-9-13-17-21-25-29-33-37-41-45-49-53-57-61-67-81(88)94-75-79(98-85(92)69-63-59-55-51-47-43-39-35-31-27-23-19-15-11-7-3)77-96-83(90)71-65-73-87-74-66-72-84(91)97-78-80(99-86(93)70-64-60-56-52-48-44-40-36-32-28-24-20-16-12-8-4)76-95-82(89)68-62-58-54-50-46-42-38-34-30-26-22-18-14-10-6-2/h33-40,79-80,87H,5-32,41-78H2,1-4H3/b37-33-,38-34-,39-35-,40-36-/t79-,80-/m1/s1. The summed E-state index contributed by atoms with van der Waals surface area (Å²) in [5.41, 5.74) is 0. The molecule has 0 fully saturated rings. The van der Waals surface area contributed by atoms with E-state index >= 15 is 0 Å². The highest BCUT2D eigenvalue weighted by atomic mass is 16.6. The molecule has 0 aliphatic carbocycles. The van der Waals surface area contributed by atoms with E-state index in [2.05, 4.69) is 81.6 Å². The van der Waals surface area contributed by atoms with Gasteiger partial charge in [-0.15, -0.1) is 0 Å². The minimum absolute atomic E-state index is 0.124. The number of esters is 6. The van der Waals surface area contributed by atoms with Gasteiger partial charge < -0.3 is 33.7 Å². The average Bonchev–Trinajstić information content (AvgIpc) is 1.93. The average molecular weight is 1400 g/mol. The van der Waals surface area contributed by atoms with E-state index in [1.54, 1.807) is 0 Å². The third-order valence-corrected chi connectivity index (χ3v) is 18.4. The summed E-state index contributed by atoms with van der Waals surface area (Å²) < 4.78 is 33.8. The van der Waals surface area contributed by atoms with Crippen molar-refractivity contribution in [3.05, 3.63) is 48.6 Å². The first kappa shape index (κ1) is 94.7. The smallest absolute Gasteiger partial charge is 0.306 e. The Morgan fingerprint density at radius 3 is 0.606 bits per heavy atom. The molecular formula is C86H155NO12. The van der Waals surface area contributed by atoms with Crippen molar-refractivity contribution in [1.29, 1.82) is 0 Å². The molecule has 13 heteroatoms. The second-order valence-electron chi connectivity index (χ2n) is 28.3. The fourth-order valence-electron chi connectivity index (χ4n) is 12.0. The van der Waals surface area contributed by atoms with Crippen molar-refractivity contribution in [2.24, 2.45) is 0 Å². The molecule has 1 N–H and O–H groups in total. The van der Waals surface area contributed by atoms with Crippen molar-refractivity contribution in [3.8, 4) is 0 Å². The molecule has 576 valence electrons. The minimum Gasteiger partial charge on any atom is -0.462 e. The van der Waals surface area contributed by atoms with Crippen molar-refractivity contribution in [2.75, 3.05) is 39.5 Å². The van der Waals surface area contributed by atoms with Gasteiger partial charge in [0.05, 0.1) is 0 Å². The third-order valence-electron chi connectivity index (χ3n) is 18.4. The van der Waals surface area contributed by atoms with E-state index in [0.717, 1.165) is 141 Å². The molecule has 0 aromatic carbocycles. The number of carbonyl (C=O) groups excluding carboxylic acids is 6. The number of rotatable bonds is 78. The van der Waals surface area contributed by atoms with Gasteiger partial charge in [-0.1, -0.05) is 282 Å². The molecule has 0 radical (unpaired) electrons. The van der Waals surface area contributed by atoms with Crippen molar-refractivity contribution in [2.45, 2.75) is 425 Å². The normalized spacial score (nSPS) is 12.3. The Balaban J connectivity index is 4.98. The number of allylic oxidation sites excluding steroid dienone is 8. The number of unbranched alkanes of at least 4 members (excludes halogenated alkanes) is 44. The van der Waals surface area contributed by atoms with Gasteiger partial charge in [-0.05, 0) is 154 Å². The molecule has 0 saturated carbocycles. The Morgan fingerprint density at radius 2 is 0.394 bits per heavy atom.